The van der Waals surface area contributed by atoms with Gasteiger partial charge in [0.1, 0.15) is 0 Å². The van der Waals surface area contributed by atoms with Crippen LogP contribution in [0.3, 0.4) is 0 Å². The molecule has 2 rings (SSSR count). The molecule has 0 aliphatic heterocycles. The lowest BCUT2D eigenvalue weighted by Crippen LogP contribution is -2.18. The summed E-state index contributed by atoms with van der Waals surface area (Å²) in [5.74, 6) is 0. The molecule has 1 aromatic heterocycles. The van der Waals surface area contributed by atoms with Crippen LogP contribution in [0.15, 0.2) is 42.6 Å². The molecule has 1 heterocycles. The third-order valence-electron chi connectivity index (χ3n) is 2.95. The van der Waals surface area contributed by atoms with Crippen LogP contribution in [0.4, 0.5) is 0 Å². The van der Waals surface area contributed by atoms with Crippen molar-refractivity contribution >= 4 is 11.6 Å². The van der Waals surface area contributed by atoms with Crippen molar-refractivity contribution in [2.45, 2.75) is 26.4 Å². The molecule has 94 valence electrons. The Bertz CT molecular complexity index is 491. The smallest absolute Gasteiger partial charge is 0.0406 e. The Morgan fingerprint density at radius 1 is 1.17 bits per heavy atom. The summed E-state index contributed by atoms with van der Waals surface area (Å²) in [5, 5.41) is 4.24. The lowest BCUT2D eigenvalue weighted by molar-refractivity contribution is 0.574. The molecule has 1 N–H and O–H groups in total. The second-order valence-electron chi connectivity index (χ2n) is 4.46. The normalized spacial score (nSPS) is 12.4. The summed E-state index contributed by atoms with van der Waals surface area (Å²) >= 11 is 5.88. The van der Waals surface area contributed by atoms with E-state index in [4.69, 9.17) is 11.6 Å². The van der Waals surface area contributed by atoms with E-state index >= 15 is 0 Å². The molecule has 2 aromatic rings. The molecule has 2 nitrogen and oxygen atoms in total. The van der Waals surface area contributed by atoms with Crippen LogP contribution in [0.2, 0.25) is 5.02 Å². The SMILES string of the molecule is Cc1ccc(CN[C@@H](C)c2ccc(Cl)cc2)cn1. The Labute approximate surface area is 113 Å². The zero-order valence-corrected chi connectivity index (χ0v) is 11.4. The quantitative estimate of drug-likeness (QED) is 0.902. The van der Waals surface area contributed by atoms with Gasteiger partial charge in [0, 0.05) is 29.5 Å². The van der Waals surface area contributed by atoms with Crippen molar-refractivity contribution in [3.63, 3.8) is 0 Å². The number of halogens is 1. The van der Waals surface area contributed by atoms with Crippen LogP contribution in [0.25, 0.3) is 0 Å². The molecule has 3 heteroatoms. The van der Waals surface area contributed by atoms with E-state index in [0.29, 0.717) is 6.04 Å². The fraction of sp³-hybridized carbons (Fsp3) is 0.267. The minimum Gasteiger partial charge on any atom is -0.306 e. The third-order valence-corrected chi connectivity index (χ3v) is 3.21. The van der Waals surface area contributed by atoms with Crippen LogP contribution in [0, 0.1) is 6.92 Å². The van der Waals surface area contributed by atoms with Crippen molar-refractivity contribution in [2.24, 2.45) is 0 Å². The second-order valence-corrected chi connectivity index (χ2v) is 4.90. The highest BCUT2D eigenvalue weighted by molar-refractivity contribution is 6.30. The Balaban J connectivity index is 1.93. The van der Waals surface area contributed by atoms with Crippen molar-refractivity contribution in [3.8, 4) is 0 Å². The van der Waals surface area contributed by atoms with Gasteiger partial charge in [-0.05, 0) is 43.2 Å². The number of nitrogens with zero attached hydrogens (tertiary/aromatic N) is 1. The highest BCUT2D eigenvalue weighted by atomic mass is 35.5. The largest absolute Gasteiger partial charge is 0.306 e. The van der Waals surface area contributed by atoms with Crippen molar-refractivity contribution in [1.82, 2.24) is 10.3 Å². The van der Waals surface area contributed by atoms with E-state index in [1.807, 2.05) is 43.5 Å². The van der Waals surface area contributed by atoms with Crippen LogP contribution in [0.1, 0.15) is 29.8 Å². The van der Waals surface area contributed by atoms with E-state index in [0.717, 1.165) is 17.3 Å². The van der Waals surface area contributed by atoms with Gasteiger partial charge < -0.3 is 5.32 Å². The Kier molecular flexibility index (Phi) is 4.34. The monoisotopic (exact) mass is 260 g/mol. The summed E-state index contributed by atoms with van der Waals surface area (Å²) < 4.78 is 0. The predicted molar refractivity (Wildman–Crippen MR) is 75.7 cm³/mol. The van der Waals surface area contributed by atoms with Crippen molar-refractivity contribution in [1.29, 1.82) is 0 Å². The van der Waals surface area contributed by atoms with Crippen LogP contribution in [0.5, 0.6) is 0 Å². The first-order valence-electron chi connectivity index (χ1n) is 6.05. The van der Waals surface area contributed by atoms with E-state index in [2.05, 4.69) is 23.3 Å². The highest BCUT2D eigenvalue weighted by Crippen LogP contribution is 2.16. The zero-order valence-electron chi connectivity index (χ0n) is 10.7. The maximum atomic E-state index is 5.88. The summed E-state index contributed by atoms with van der Waals surface area (Å²) in [7, 11) is 0. The van der Waals surface area contributed by atoms with E-state index in [1.165, 1.54) is 11.1 Å². The van der Waals surface area contributed by atoms with Gasteiger partial charge in [-0.1, -0.05) is 29.8 Å². The van der Waals surface area contributed by atoms with Gasteiger partial charge in [-0.3, -0.25) is 4.98 Å². The molecule has 1 atom stereocenters. The molecular formula is C15H17ClN2. The molecule has 0 aliphatic carbocycles. The van der Waals surface area contributed by atoms with Gasteiger partial charge in [-0.25, -0.2) is 0 Å². The molecule has 0 unspecified atom stereocenters. The summed E-state index contributed by atoms with van der Waals surface area (Å²) in [6.45, 7) is 4.95. The van der Waals surface area contributed by atoms with Crippen LogP contribution in [-0.4, -0.2) is 4.98 Å². The summed E-state index contributed by atoms with van der Waals surface area (Å²) in [4.78, 5) is 4.28. The Morgan fingerprint density at radius 3 is 2.50 bits per heavy atom. The van der Waals surface area contributed by atoms with Crippen LogP contribution < -0.4 is 5.32 Å². The second kappa shape index (κ2) is 5.98. The van der Waals surface area contributed by atoms with Gasteiger partial charge in [0.25, 0.3) is 0 Å². The fourth-order valence-corrected chi connectivity index (χ4v) is 1.87. The lowest BCUT2D eigenvalue weighted by atomic mass is 10.1. The van der Waals surface area contributed by atoms with Crippen molar-refractivity contribution in [2.75, 3.05) is 0 Å². The number of rotatable bonds is 4. The topological polar surface area (TPSA) is 24.9 Å². The molecule has 18 heavy (non-hydrogen) atoms. The van der Waals surface area contributed by atoms with Gasteiger partial charge >= 0.3 is 0 Å². The molecule has 0 saturated carbocycles. The van der Waals surface area contributed by atoms with Gasteiger partial charge in [-0.2, -0.15) is 0 Å². The molecule has 0 aliphatic rings. The molecule has 0 amide bonds. The molecule has 0 spiro atoms. The average molecular weight is 261 g/mol. The molecule has 1 aromatic carbocycles. The van der Waals surface area contributed by atoms with Crippen molar-refractivity contribution < 1.29 is 0 Å². The minimum atomic E-state index is 0.295. The van der Waals surface area contributed by atoms with Gasteiger partial charge in [0.15, 0.2) is 0 Å². The molecule has 0 radical (unpaired) electrons. The van der Waals surface area contributed by atoms with E-state index in [1.54, 1.807) is 0 Å². The highest BCUT2D eigenvalue weighted by Gasteiger charge is 2.04. The molecule has 0 bridgehead atoms. The van der Waals surface area contributed by atoms with Gasteiger partial charge in [0.2, 0.25) is 0 Å². The van der Waals surface area contributed by atoms with Crippen molar-refractivity contribution in [3.05, 3.63) is 64.4 Å². The van der Waals surface area contributed by atoms with Crippen LogP contribution in [-0.2, 0) is 6.54 Å². The number of hydrogen-bond donors (Lipinski definition) is 1. The Morgan fingerprint density at radius 2 is 1.89 bits per heavy atom. The molecular weight excluding hydrogens is 244 g/mol. The maximum absolute atomic E-state index is 5.88. The van der Waals surface area contributed by atoms with E-state index < -0.39 is 0 Å². The average Bonchev–Trinajstić information content (AvgIpc) is 2.38. The number of benzene rings is 1. The minimum absolute atomic E-state index is 0.295. The summed E-state index contributed by atoms with van der Waals surface area (Å²) in [6.07, 6.45) is 1.91. The first kappa shape index (κ1) is 13.1. The number of hydrogen-bond acceptors (Lipinski definition) is 2. The first-order valence-corrected chi connectivity index (χ1v) is 6.43. The van der Waals surface area contributed by atoms with Crippen LogP contribution >= 0.6 is 11.6 Å². The predicted octanol–water partition coefficient (Wildman–Crippen LogP) is 3.89. The third kappa shape index (κ3) is 3.56. The van der Waals surface area contributed by atoms with Gasteiger partial charge in [0.05, 0.1) is 0 Å². The Hall–Kier alpha value is -1.38. The molecule has 0 fully saturated rings. The van der Waals surface area contributed by atoms with Gasteiger partial charge in [-0.15, -0.1) is 0 Å². The number of pyridine rings is 1. The molecule has 0 saturated heterocycles. The lowest BCUT2D eigenvalue weighted by Gasteiger charge is -2.14. The van der Waals surface area contributed by atoms with E-state index in [9.17, 15) is 0 Å². The standard InChI is InChI=1S/C15H17ClN2/c1-11-3-4-13(9-17-11)10-18-12(2)14-5-7-15(16)8-6-14/h3-9,12,18H,10H2,1-2H3/t12-/m0/s1. The maximum Gasteiger partial charge on any atom is 0.0406 e. The number of aromatic nitrogens is 1. The van der Waals surface area contributed by atoms with E-state index in [-0.39, 0.29) is 0 Å². The summed E-state index contributed by atoms with van der Waals surface area (Å²) in [6, 6.07) is 12.4. The zero-order chi connectivity index (χ0) is 13.0. The first-order chi connectivity index (χ1) is 8.65. The fourth-order valence-electron chi connectivity index (χ4n) is 1.74. The summed E-state index contributed by atoms with van der Waals surface area (Å²) in [5.41, 5.74) is 3.48. The number of aryl methyl sites for hydroxylation is 1. The number of nitrogens with one attached hydrogen (secondary N) is 1.